The Kier molecular flexibility index (Phi) is 3.99. The Hall–Kier alpha value is -1.78. The molecule has 1 heterocycles. The molecule has 0 fully saturated rings. The number of aromatic amines is 1. The van der Waals surface area contributed by atoms with E-state index in [9.17, 15) is 0 Å². The molecule has 0 aliphatic carbocycles. The summed E-state index contributed by atoms with van der Waals surface area (Å²) in [5.41, 5.74) is 10.7. The Labute approximate surface area is 129 Å². The summed E-state index contributed by atoms with van der Waals surface area (Å²) in [6.45, 7) is 4.19. The minimum Gasteiger partial charge on any atom is -0.333 e. The van der Waals surface area contributed by atoms with Gasteiger partial charge in [-0.2, -0.15) is 0 Å². The van der Waals surface area contributed by atoms with Gasteiger partial charge in [0.1, 0.15) is 0 Å². The lowest BCUT2D eigenvalue weighted by Crippen LogP contribution is -2.09. The monoisotopic (exact) mass is 297 g/mol. The molecule has 0 bridgehead atoms. The fourth-order valence-corrected chi connectivity index (χ4v) is 3.35. The fourth-order valence-electron chi connectivity index (χ4n) is 2.35. The molecule has 1 atom stereocenters. The molecule has 0 aliphatic rings. The van der Waals surface area contributed by atoms with E-state index in [-0.39, 0.29) is 6.04 Å². The lowest BCUT2D eigenvalue weighted by Gasteiger charge is -2.13. The van der Waals surface area contributed by atoms with Crippen LogP contribution < -0.4 is 5.73 Å². The van der Waals surface area contributed by atoms with Crippen LogP contribution in [0, 0.1) is 6.92 Å². The quantitative estimate of drug-likeness (QED) is 0.749. The molecule has 3 N–H and O–H groups in total. The third-order valence-electron chi connectivity index (χ3n) is 3.58. The van der Waals surface area contributed by atoms with Gasteiger partial charge in [0.15, 0.2) is 5.16 Å². The zero-order valence-electron chi connectivity index (χ0n) is 12.3. The molecule has 21 heavy (non-hydrogen) atoms. The van der Waals surface area contributed by atoms with Gasteiger partial charge in [0, 0.05) is 10.9 Å². The number of aromatic nitrogens is 2. The van der Waals surface area contributed by atoms with Gasteiger partial charge in [-0.05, 0) is 42.7 Å². The van der Waals surface area contributed by atoms with Crippen LogP contribution in [-0.4, -0.2) is 9.97 Å². The molecular weight excluding hydrogens is 278 g/mol. The normalized spacial score (nSPS) is 12.7. The van der Waals surface area contributed by atoms with Gasteiger partial charge in [0.25, 0.3) is 0 Å². The molecule has 0 spiro atoms. The summed E-state index contributed by atoms with van der Waals surface area (Å²) in [6.07, 6.45) is 0.927. The maximum atomic E-state index is 6.20. The largest absolute Gasteiger partial charge is 0.333 e. The summed E-state index contributed by atoms with van der Waals surface area (Å²) < 4.78 is 0. The topological polar surface area (TPSA) is 54.7 Å². The van der Waals surface area contributed by atoms with Crippen LogP contribution in [0.25, 0.3) is 11.0 Å². The number of nitrogens with one attached hydrogen (secondary N) is 1. The van der Waals surface area contributed by atoms with Crippen molar-refractivity contribution in [1.29, 1.82) is 0 Å². The second-order valence-corrected chi connectivity index (χ2v) is 6.25. The molecule has 3 aromatic rings. The van der Waals surface area contributed by atoms with Crippen LogP contribution in [0.3, 0.4) is 0 Å². The van der Waals surface area contributed by atoms with Crippen LogP contribution in [0.2, 0.25) is 0 Å². The summed E-state index contributed by atoms with van der Waals surface area (Å²) in [4.78, 5) is 9.19. The van der Waals surface area contributed by atoms with Crippen molar-refractivity contribution in [2.75, 3.05) is 0 Å². The van der Waals surface area contributed by atoms with Gasteiger partial charge in [0.2, 0.25) is 0 Å². The minimum absolute atomic E-state index is 0.0697. The van der Waals surface area contributed by atoms with E-state index in [0.717, 1.165) is 22.6 Å². The first-order valence-electron chi connectivity index (χ1n) is 7.16. The van der Waals surface area contributed by atoms with Crippen LogP contribution in [0.4, 0.5) is 0 Å². The number of nitrogens with two attached hydrogens (primary N) is 1. The number of hydrogen-bond acceptors (Lipinski definition) is 3. The SMILES string of the molecule is CC[C@H](N)c1ccccc1Sc1nc2ccc(C)cc2[nH]1. The maximum Gasteiger partial charge on any atom is 0.171 e. The first-order valence-corrected chi connectivity index (χ1v) is 7.97. The van der Waals surface area contributed by atoms with Crippen molar-refractivity contribution >= 4 is 22.8 Å². The number of H-pyrrole nitrogens is 1. The second-order valence-electron chi connectivity index (χ2n) is 5.22. The van der Waals surface area contributed by atoms with Crippen molar-refractivity contribution in [1.82, 2.24) is 9.97 Å². The van der Waals surface area contributed by atoms with E-state index in [0.29, 0.717) is 0 Å². The highest BCUT2D eigenvalue weighted by Crippen LogP contribution is 2.33. The molecule has 3 rings (SSSR count). The molecule has 2 aromatic carbocycles. The van der Waals surface area contributed by atoms with Crippen LogP contribution >= 0.6 is 11.8 Å². The molecule has 108 valence electrons. The van der Waals surface area contributed by atoms with E-state index < -0.39 is 0 Å². The van der Waals surface area contributed by atoms with Crippen LogP contribution in [-0.2, 0) is 0 Å². The highest BCUT2D eigenvalue weighted by atomic mass is 32.2. The summed E-state index contributed by atoms with van der Waals surface area (Å²) in [5.74, 6) is 0. The summed E-state index contributed by atoms with van der Waals surface area (Å²) in [7, 11) is 0. The van der Waals surface area contributed by atoms with Crippen molar-refractivity contribution in [2.24, 2.45) is 5.73 Å². The molecule has 4 heteroatoms. The van der Waals surface area contributed by atoms with Crippen molar-refractivity contribution in [3.63, 3.8) is 0 Å². The Morgan fingerprint density at radius 2 is 2.05 bits per heavy atom. The van der Waals surface area contributed by atoms with Gasteiger partial charge in [0.05, 0.1) is 11.0 Å². The molecule has 0 saturated heterocycles. The lowest BCUT2D eigenvalue weighted by molar-refractivity contribution is 0.685. The van der Waals surface area contributed by atoms with Crippen LogP contribution in [0.1, 0.15) is 30.5 Å². The average molecular weight is 297 g/mol. The van der Waals surface area contributed by atoms with E-state index in [1.807, 2.05) is 12.1 Å². The first-order chi connectivity index (χ1) is 10.2. The van der Waals surface area contributed by atoms with Crippen molar-refractivity contribution in [2.45, 2.75) is 36.4 Å². The molecule has 0 unspecified atom stereocenters. The Morgan fingerprint density at radius 3 is 2.86 bits per heavy atom. The summed E-state index contributed by atoms with van der Waals surface area (Å²) in [5, 5.41) is 0.909. The predicted molar refractivity (Wildman–Crippen MR) is 88.6 cm³/mol. The molecule has 3 nitrogen and oxygen atoms in total. The number of imidazole rings is 1. The second kappa shape index (κ2) is 5.92. The highest BCUT2D eigenvalue weighted by Gasteiger charge is 2.12. The van der Waals surface area contributed by atoms with E-state index in [1.165, 1.54) is 16.0 Å². The predicted octanol–water partition coefficient (Wildman–Crippen LogP) is 4.43. The lowest BCUT2D eigenvalue weighted by atomic mass is 10.1. The molecule has 0 radical (unpaired) electrons. The van der Waals surface area contributed by atoms with E-state index in [1.54, 1.807) is 11.8 Å². The van der Waals surface area contributed by atoms with Gasteiger partial charge in [-0.25, -0.2) is 4.98 Å². The molecule has 0 saturated carbocycles. The van der Waals surface area contributed by atoms with Crippen molar-refractivity contribution in [3.05, 3.63) is 53.6 Å². The molecule has 0 aliphatic heterocycles. The fraction of sp³-hybridized carbons (Fsp3) is 0.235. The van der Waals surface area contributed by atoms with Crippen LogP contribution in [0.5, 0.6) is 0 Å². The molecular formula is C17H19N3S. The Balaban J connectivity index is 1.95. The van der Waals surface area contributed by atoms with Gasteiger partial charge < -0.3 is 10.7 Å². The Bertz CT molecular complexity index is 764. The van der Waals surface area contributed by atoms with Gasteiger partial charge >= 0.3 is 0 Å². The van der Waals surface area contributed by atoms with Gasteiger partial charge in [-0.15, -0.1) is 0 Å². The highest BCUT2D eigenvalue weighted by molar-refractivity contribution is 7.99. The number of nitrogens with zero attached hydrogens (tertiary/aromatic N) is 1. The standard InChI is InChI=1S/C17H19N3S/c1-3-13(18)12-6-4-5-7-16(12)21-17-19-14-9-8-11(2)10-15(14)20-17/h4-10,13H,3,18H2,1-2H3,(H,19,20)/t13-/m0/s1. The van der Waals surface area contributed by atoms with E-state index >= 15 is 0 Å². The van der Waals surface area contributed by atoms with E-state index in [4.69, 9.17) is 5.73 Å². The van der Waals surface area contributed by atoms with Gasteiger partial charge in [-0.3, -0.25) is 0 Å². The molecule has 0 amide bonds. The average Bonchev–Trinajstić information content (AvgIpc) is 2.88. The number of aryl methyl sites for hydroxylation is 1. The van der Waals surface area contributed by atoms with Gasteiger partial charge in [-0.1, -0.05) is 43.0 Å². The zero-order valence-corrected chi connectivity index (χ0v) is 13.1. The molecule has 1 aromatic heterocycles. The van der Waals surface area contributed by atoms with Crippen molar-refractivity contribution in [3.8, 4) is 0 Å². The number of benzene rings is 2. The number of hydrogen-bond donors (Lipinski definition) is 2. The zero-order chi connectivity index (χ0) is 14.8. The smallest absolute Gasteiger partial charge is 0.171 e. The maximum absolute atomic E-state index is 6.20. The van der Waals surface area contributed by atoms with Crippen molar-refractivity contribution < 1.29 is 0 Å². The summed E-state index contributed by atoms with van der Waals surface area (Å²) in [6, 6.07) is 14.6. The van der Waals surface area contributed by atoms with E-state index in [2.05, 4.69) is 54.1 Å². The third-order valence-corrected chi connectivity index (χ3v) is 4.56. The summed E-state index contributed by atoms with van der Waals surface area (Å²) >= 11 is 1.64. The Morgan fingerprint density at radius 1 is 1.24 bits per heavy atom. The first kappa shape index (κ1) is 14.2. The van der Waals surface area contributed by atoms with Crippen LogP contribution in [0.15, 0.2) is 52.5 Å². The number of rotatable bonds is 4. The third kappa shape index (κ3) is 2.96. The minimum atomic E-state index is 0.0697. The number of fused-ring (bicyclic) bond motifs is 1.